The molecule has 210 valence electrons. The molecule has 2 unspecified atom stereocenters. The number of rotatable bonds is 10. The summed E-state index contributed by atoms with van der Waals surface area (Å²) < 4.78 is 10.5. The van der Waals surface area contributed by atoms with Crippen molar-refractivity contribution in [3.8, 4) is 5.75 Å². The number of hydrogen-bond acceptors (Lipinski definition) is 7. The van der Waals surface area contributed by atoms with E-state index >= 15 is 0 Å². The van der Waals surface area contributed by atoms with Gasteiger partial charge in [0.25, 0.3) is 0 Å². The molecule has 2 aromatic rings. The minimum atomic E-state index is -1.15. The van der Waals surface area contributed by atoms with Gasteiger partial charge < -0.3 is 19.9 Å². The fourth-order valence-electron chi connectivity index (χ4n) is 4.96. The zero-order chi connectivity index (χ0) is 29.1. The molecule has 1 fully saturated rings. The molecular weight excluding hydrogens is 551 g/mol. The van der Waals surface area contributed by atoms with Crippen molar-refractivity contribution >= 4 is 46.7 Å². The summed E-state index contributed by atoms with van der Waals surface area (Å²) in [6.45, 7) is 4.96. The molecule has 2 aromatic carbocycles. The standard InChI is InChI=1S/C27H30Cl2N2O8/c1-26(2)17(10-11-27(26,3)25(34)35)23(32)30-20(24(33)38-4)12-15-8-9-22(21(13-15)31(36)37)39-14-16-18(28)6-5-7-19(16)29/h5-9,13,17,20H,10-12,14H2,1-4H3,(H,30,32)(H,34,35)/t17?,20-,27?/m0/s1. The van der Waals surface area contributed by atoms with Crippen LogP contribution in [-0.4, -0.2) is 41.0 Å². The molecule has 3 atom stereocenters. The second kappa shape index (κ2) is 11.8. The molecule has 0 bridgehead atoms. The Morgan fingerprint density at radius 1 is 1.18 bits per heavy atom. The lowest BCUT2D eigenvalue weighted by molar-refractivity contribution is -0.386. The summed E-state index contributed by atoms with van der Waals surface area (Å²) in [7, 11) is 1.17. The highest BCUT2D eigenvalue weighted by atomic mass is 35.5. The molecule has 3 rings (SSSR count). The maximum absolute atomic E-state index is 13.2. The van der Waals surface area contributed by atoms with E-state index in [4.69, 9.17) is 32.7 Å². The topological polar surface area (TPSA) is 145 Å². The number of carboxylic acids is 1. The normalized spacial score (nSPS) is 20.6. The van der Waals surface area contributed by atoms with Crippen molar-refractivity contribution in [1.82, 2.24) is 5.32 Å². The summed E-state index contributed by atoms with van der Waals surface area (Å²) >= 11 is 12.3. The zero-order valence-electron chi connectivity index (χ0n) is 22.0. The van der Waals surface area contributed by atoms with Crippen molar-refractivity contribution in [2.75, 3.05) is 7.11 Å². The third kappa shape index (κ3) is 6.12. The van der Waals surface area contributed by atoms with Crippen LogP contribution in [0.5, 0.6) is 5.75 Å². The predicted molar refractivity (Wildman–Crippen MR) is 144 cm³/mol. The van der Waals surface area contributed by atoms with Gasteiger partial charge in [0, 0.05) is 34.0 Å². The quantitative estimate of drug-likeness (QED) is 0.221. The highest BCUT2D eigenvalue weighted by molar-refractivity contribution is 6.35. The first-order valence-corrected chi connectivity index (χ1v) is 12.9. The van der Waals surface area contributed by atoms with Crippen LogP contribution in [0.4, 0.5) is 5.69 Å². The fourth-order valence-corrected chi connectivity index (χ4v) is 5.47. The van der Waals surface area contributed by atoms with Crippen molar-refractivity contribution in [1.29, 1.82) is 0 Å². The van der Waals surface area contributed by atoms with E-state index in [2.05, 4.69) is 5.32 Å². The van der Waals surface area contributed by atoms with Crippen LogP contribution in [0.3, 0.4) is 0 Å². The Balaban J connectivity index is 1.80. The Morgan fingerprint density at radius 3 is 2.36 bits per heavy atom. The number of nitro groups is 1. The number of ether oxygens (including phenoxy) is 2. The average molecular weight is 581 g/mol. The molecule has 1 saturated carbocycles. The summed E-state index contributed by atoms with van der Waals surface area (Å²) in [6.07, 6.45) is 0.547. The van der Waals surface area contributed by atoms with Gasteiger partial charge in [-0.05, 0) is 48.9 Å². The van der Waals surface area contributed by atoms with E-state index in [0.717, 1.165) is 0 Å². The molecule has 1 aliphatic carbocycles. The number of methoxy groups -OCH3 is 1. The molecule has 10 nitrogen and oxygen atoms in total. The van der Waals surface area contributed by atoms with Crippen molar-refractivity contribution in [3.63, 3.8) is 0 Å². The van der Waals surface area contributed by atoms with Crippen LogP contribution < -0.4 is 10.1 Å². The number of aliphatic carboxylic acids is 1. The lowest BCUT2D eigenvalue weighted by atomic mass is 9.65. The average Bonchev–Trinajstić information content (AvgIpc) is 3.12. The molecule has 0 aromatic heterocycles. The van der Waals surface area contributed by atoms with E-state index in [1.165, 1.54) is 19.2 Å². The van der Waals surface area contributed by atoms with E-state index in [1.807, 2.05) is 0 Å². The van der Waals surface area contributed by atoms with Gasteiger partial charge in [-0.3, -0.25) is 19.7 Å². The number of carbonyl (C=O) groups is 3. The molecule has 2 N–H and O–H groups in total. The molecule has 0 saturated heterocycles. The molecule has 0 aliphatic heterocycles. The number of nitrogens with zero attached hydrogens (tertiary/aromatic N) is 1. The van der Waals surface area contributed by atoms with Gasteiger partial charge in [0.2, 0.25) is 5.91 Å². The minimum Gasteiger partial charge on any atom is -0.482 e. The van der Waals surface area contributed by atoms with Gasteiger partial charge in [-0.1, -0.05) is 49.2 Å². The van der Waals surface area contributed by atoms with Crippen LogP contribution >= 0.6 is 23.2 Å². The van der Waals surface area contributed by atoms with Crippen LogP contribution in [0.2, 0.25) is 10.0 Å². The van der Waals surface area contributed by atoms with Crippen molar-refractivity contribution in [3.05, 3.63) is 67.7 Å². The van der Waals surface area contributed by atoms with Gasteiger partial charge in [0.1, 0.15) is 12.6 Å². The number of amides is 1. The fraction of sp³-hybridized carbons (Fsp3) is 0.444. The van der Waals surface area contributed by atoms with E-state index in [9.17, 15) is 29.6 Å². The SMILES string of the molecule is COC(=O)[C@H](Cc1ccc(OCc2c(Cl)cccc2Cl)c([N+](=O)[O-])c1)NC(=O)C1CCC(C)(C(=O)O)C1(C)C. The number of benzene rings is 2. The maximum atomic E-state index is 13.2. The molecule has 1 amide bonds. The summed E-state index contributed by atoms with van der Waals surface area (Å²) in [5.41, 5.74) is -1.49. The first kappa shape index (κ1) is 30.2. The number of carboxylic acid groups (broad SMARTS) is 1. The second-order valence-corrected chi connectivity index (χ2v) is 11.1. The van der Waals surface area contributed by atoms with Gasteiger partial charge in [-0.15, -0.1) is 0 Å². The smallest absolute Gasteiger partial charge is 0.328 e. The Hall–Kier alpha value is -3.37. The molecule has 12 heteroatoms. The van der Waals surface area contributed by atoms with Crippen LogP contribution in [0.25, 0.3) is 0 Å². The molecule has 0 spiro atoms. The van der Waals surface area contributed by atoms with Crippen LogP contribution in [0, 0.1) is 26.9 Å². The highest BCUT2D eigenvalue weighted by Crippen LogP contribution is 2.56. The van der Waals surface area contributed by atoms with E-state index < -0.39 is 45.6 Å². The van der Waals surface area contributed by atoms with E-state index in [1.54, 1.807) is 45.0 Å². The Bertz CT molecular complexity index is 1280. The summed E-state index contributed by atoms with van der Waals surface area (Å²) in [6, 6.07) is 7.96. The van der Waals surface area contributed by atoms with Gasteiger partial charge in [-0.2, -0.15) is 0 Å². The number of nitrogens with one attached hydrogen (secondary N) is 1. The van der Waals surface area contributed by atoms with Gasteiger partial charge in [0.15, 0.2) is 5.75 Å². The first-order chi connectivity index (χ1) is 18.2. The van der Waals surface area contributed by atoms with Gasteiger partial charge in [-0.25, -0.2) is 4.79 Å². The van der Waals surface area contributed by atoms with Gasteiger partial charge in [0.05, 0.1) is 17.4 Å². The molecular formula is C27H30Cl2N2O8. The molecule has 1 aliphatic rings. The summed E-state index contributed by atoms with van der Waals surface area (Å²) in [5.74, 6) is -2.90. The highest BCUT2D eigenvalue weighted by Gasteiger charge is 2.58. The van der Waals surface area contributed by atoms with E-state index in [0.29, 0.717) is 34.0 Å². The second-order valence-electron chi connectivity index (χ2n) is 10.3. The van der Waals surface area contributed by atoms with Crippen LogP contribution in [0.1, 0.15) is 44.7 Å². The summed E-state index contributed by atoms with van der Waals surface area (Å²) in [4.78, 5) is 48.9. The molecule has 0 heterocycles. The largest absolute Gasteiger partial charge is 0.482 e. The zero-order valence-corrected chi connectivity index (χ0v) is 23.5. The minimum absolute atomic E-state index is 0.0287. The van der Waals surface area contributed by atoms with Gasteiger partial charge >= 0.3 is 17.6 Å². The predicted octanol–water partition coefficient (Wildman–Crippen LogP) is 5.21. The lowest BCUT2D eigenvalue weighted by Crippen LogP contribution is -2.50. The van der Waals surface area contributed by atoms with Crippen molar-refractivity contribution in [2.45, 2.75) is 52.7 Å². The first-order valence-electron chi connectivity index (χ1n) is 12.2. The third-order valence-electron chi connectivity index (χ3n) is 7.91. The van der Waals surface area contributed by atoms with E-state index in [-0.39, 0.29) is 24.5 Å². The summed E-state index contributed by atoms with van der Waals surface area (Å²) in [5, 5.41) is 24.9. The monoisotopic (exact) mass is 580 g/mol. The number of nitro benzene ring substituents is 1. The molecule has 39 heavy (non-hydrogen) atoms. The number of esters is 1. The Morgan fingerprint density at radius 2 is 1.82 bits per heavy atom. The Labute approximate surface area is 235 Å². The maximum Gasteiger partial charge on any atom is 0.328 e. The van der Waals surface area contributed by atoms with Crippen molar-refractivity contribution < 1.29 is 33.9 Å². The van der Waals surface area contributed by atoms with Crippen molar-refractivity contribution in [2.24, 2.45) is 16.7 Å². The Kier molecular flexibility index (Phi) is 9.12. The third-order valence-corrected chi connectivity index (χ3v) is 8.62. The van der Waals surface area contributed by atoms with Crippen LogP contribution in [-0.2, 0) is 32.1 Å². The number of halogens is 2. The number of hydrogen-bond donors (Lipinski definition) is 2. The molecule has 0 radical (unpaired) electrons. The van der Waals surface area contributed by atoms with Crippen LogP contribution in [0.15, 0.2) is 36.4 Å². The lowest BCUT2D eigenvalue weighted by Gasteiger charge is -2.38. The number of carbonyl (C=O) groups excluding carboxylic acids is 2.